The molecule has 2 N–H and O–H groups in total. The number of hydrogen-bond acceptors (Lipinski definition) is 6. The van der Waals surface area contributed by atoms with E-state index in [1.54, 1.807) is 12.6 Å². The molecular weight excluding hydrogens is 300 g/mol. The van der Waals surface area contributed by atoms with Gasteiger partial charge in [0.15, 0.2) is 11.5 Å². The minimum absolute atomic E-state index is 0.217. The molecule has 124 valence electrons. The molecule has 0 aromatic heterocycles. The maximum Gasteiger partial charge on any atom is 0.287 e. The van der Waals surface area contributed by atoms with E-state index in [1.165, 1.54) is 12.8 Å². The van der Waals surface area contributed by atoms with Crippen LogP contribution >= 0.6 is 0 Å². The molecule has 0 bridgehead atoms. The van der Waals surface area contributed by atoms with Gasteiger partial charge >= 0.3 is 0 Å². The molecule has 1 aromatic rings. The van der Waals surface area contributed by atoms with Gasteiger partial charge in [-0.25, -0.2) is 5.48 Å². The van der Waals surface area contributed by atoms with Crippen LogP contribution in [0.2, 0.25) is 0 Å². The number of rotatable bonds is 5. The summed E-state index contributed by atoms with van der Waals surface area (Å²) in [5.41, 5.74) is 3.02. The Labute approximate surface area is 134 Å². The highest BCUT2D eigenvalue weighted by Gasteiger charge is 2.29. The van der Waals surface area contributed by atoms with Crippen LogP contribution in [0.5, 0.6) is 11.5 Å². The molecule has 3 rings (SSSR count). The van der Waals surface area contributed by atoms with Gasteiger partial charge in [0, 0.05) is 12.0 Å². The first-order valence-electron chi connectivity index (χ1n) is 7.73. The normalized spacial score (nSPS) is 20.8. The fraction of sp³-hybridized carbons (Fsp3) is 0.500. The van der Waals surface area contributed by atoms with Gasteiger partial charge in [-0.05, 0) is 43.9 Å². The van der Waals surface area contributed by atoms with Gasteiger partial charge in [-0.1, -0.05) is 5.16 Å². The lowest BCUT2D eigenvalue weighted by molar-refractivity contribution is -0.139. The Bertz CT molecular complexity index is 610. The van der Waals surface area contributed by atoms with E-state index in [4.69, 9.17) is 19.5 Å². The summed E-state index contributed by atoms with van der Waals surface area (Å²) in [4.78, 5) is 16.4. The Hall–Kier alpha value is -2.28. The third kappa shape index (κ3) is 3.39. The summed E-state index contributed by atoms with van der Waals surface area (Å²) >= 11 is 0. The van der Waals surface area contributed by atoms with E-state index >= 15 is 0 Å². The molecule has 1 heterocycles. The van der Waals surface area contributed by atoms with E-state index in [-0.39, 0.29) is 6.10 Å². The van der Waals surface area contributed by atoms with Crippen molar-refractivity contribution in [2.24, 2.45) is 5.16 Å². The van der Waals surface area contributed by atoms with Gasteiger partial charge in [-0.2, -0.15) is 0 Å². The summed E-state index contributed by atoms with van der Waals surface area (Å²) in [6.07, 6.45) is 4.18. The quantitative estimate of drug-likeness (QED) is 0.640. The van der Waals surface area contributed by atoms with Gasteiger partial charge in [0.2, 0.25) is 6.10 Å². The second-order valence-corrected chi connectivity index (χ2v) is 5.70. The zero-order valence-corrected chi connectivity index (χ0v) is 12.9. The summed E-state index contributed by atoms with van der Waals surface area (Å²) in [5, 5.41) is 12.6. The standard InChI is InChI=1S/C16H20N2O5/c1-21-13-7-6-10(8-14(13)22-11-4-2-3-5-11)12-9-15(23-18-12)16(19)17-20/h6-8,11,15,20H,2-5,9H2,1H3,(H,17,19)/t15-/m1/s1. The van der Waals surface area contributed by atoms with Gasteiger partial charge in [0.1, 0.15) is 0 Å². The van der Waals surface area contributed by atoms with Crippen molar-refractivity contribution >= 4 is 11.6 Å². The molecular formula is C16H20N2O5. The van der Waals surface area contributed by atoms with Gasteiger partial charge in [0.05, 0.1) is 18.9 Å². The first kappa shape index (κ1) is 15.6. The number of methoxy groups -OCH3 is 1. The molecule has 1 aromatic carbocycles. The molecule has 0 spiro atoms. The summed E-state index contributed by atoms with van der Waals surface area (Å²) in [6.45, 7) is 0. The summed E-state index contributed by atoms with van der Waals surface area (Å²) in [7, 11) is 1.61. The molecule has 1 amide bonds. The lowest BCUT2D eigenvalue weighted by Gasteiger charge is -2.16. The van der Waals surface area contributed by atoms with Crippen LogP contribution in [0.15, 0.2) is 23.4 Å². The van der Waals surface area contributed by atoms with Crippen molar-refractivity contribution in [3.8, 4) is 11.5 Å². The van der Waals surface area contributed by atoms with Crippen molar-refractivity contribution in [3.63, 3.8) is 0 Å². The van der Waals surface area contributed by atoms with E-state index < -0.39 is 12.0 Å². The lowest BCUT2D eigenvalue weighted by Crippen LogP contribution is -2.32. The lowest BCUT2D eigenvalue weighted by atomic mass is 10.0. The van der Waals surface area contributed by atoms with Crippen LogP contribution < -0.4 is 15.0 Å². The molecule has 7 nitrogen and oxygen atoms in total. The van der Waals surface area contributed by atoms with Crippen LogP contribution in [-0.4, -0.2) is 36.1 Å². The van der Waals surface area contributed by atoms with E-state index in [0.717, 1.165) is 18.4 Å². The SMILES string of the molecule is COc1ccc(C2=NO[C@@H](C(=O)NO)C2)cc1OC1CCCC1. The summed E-state index contributed by atoms with van der Waals surface area (Å²) in [5.74, 6) is 0.735. The Morgan fingerprint density at radius 3 is 2.83 bits per heavy atom. The fourth-order valence-corrected chi connectivity index (χ4v) is 2.89. The molecule has 1 atom stereocenters. The van der Waals surface area contributed by atoms with Crippen LogP contribution in [0.4, 0.5) is 0 Å². The van der Waals surface area contributed by atoms with Crippen LogP contribution in [0.3, 0.4) is 0 Å². The Balaban J connectivity index is 1.76. The number of carbonyl (C=O) groups is 1. The minimum Gasteiger partial charge on any atom is -0.493 e. The van der Waals surface area contributed by atoms with Gasteiger partial charge in [0.25, 0.3) is 5.91 Å². The largest absolute Gasteiger partial charge is 0.493 e. The molecule has 1 saturated carbocycles. The van der Waals surface area contributed by atoms with E-state index in [9.17, 15) is 4.79 Å². The molecule has 0 radical (unpaired) electrons. The summed E-state index contributed by atoms with van der Waals surface area (Å²) in [6, 6.07) is 5.53. The highest BCUT2D eigenvalue weighted by molar-refractivity contribution is 6.04. The molecule has 2 aliphatic rings. The Morgan fingerprint density at radius 1 is 1.35 bits per heavy atom. The predicted octanol–water partition coefficient (Wildman–Crippen LogP) is 2.01. The zero-order chi connectivity index (χ0) is 16.2. The van der Waals surface area contributed by atoms with Crippen molar-refractivity contribution in [1.29, 1.82) is 0 Å². The number of amides is 1. The van der Waals surface area contributed by atoms with Crippen molar-refractivity contribution < 1.29 is 24.3 Å². The van der Waals surface area contributed by atoms with Crippen molar-refractivity contribution in [3.05, 3.63) is 23.8 Å². The maximum absolute atomic E-state index is 11.4. The molecule has 1 aliphatic carbocycles. The van der Waals surface area contributed by atoms with Crippen molar-refractivity contribution in [2.75, 3.05) is 7.11 Å². The third-order valence-electron chi connectivity index (χ3n) is 4.16. The number of benzene rings is 1. The van der Waals surface area contributed by atoms with Crippen LogP contribution in [0.25, 0.3) is 0 Å². The Morgan fingerprint density at radius 2 is 2.13 bits per heavy atom. The highest BCUT2D eigenvalue weighted by Crippen LogP contribution is 2.33. The predicted molar refractivity (Wildman–Crippen MR) is 81.8 cm³/mol. The third-order valence-corrected chi connectivity index (χ3v) is 4.16. The number of nitrogens with one attached hydrogen (secondary N) is 1. The monoisotopic (exact) mass is 320 g/mol. The van der Waals surface area contributed by atoms with Gasteiger partial charge < -0.3 is 14.3 Å². The molecule has 0 unspecified atom stereocenters. The zero-order valence-electron chi connectivity index (χ0n) is 12.9. The van der Waals surface area contributed by atoms with Gasteiger partial charge in [-0.15, -0.1) is 0 Å². The van der Waals surface area contributed by atoms with E-state index in [0.29, 0.717) is 23.6 Å². The molecule has 23 heavy (non-hydrogen) atoms. The number of oxime groups is 1. The highest BCUT2D eigenvalue weighted by atomic mass is 16.7. The van der Waals surface area contributed by atoms with E-state index in [2.05, 4.69) is 5.16 Å². The first-order valence-corrected chi connectivity index (χ1v) is 7.73. The summed E-state index contributed by atoms with van der Waals surface area (Å²) < 4.78 is 11.4. The molecule has 7 heteroatoms. The number of hydrogen-bond donors (Lipinski definition) is 2. The molecule has 0 saturated heterocycles. The average molecular weight is 320 g/mol. The molecule has 1 fully saturated rings. The Kier molecular flexibility index (Phi) is 4.66. The van der Waals surface area contributed by atoms with Crippen LogP contribution in [0, 0.1) is 0 Å². The number of carbonyl (C=O) groups excluding carboxylic acids is 1. The van der Waals surface area contributed by atoms with Crippen LogP contribution in [0.1, 0.15) is 37.7 Å². The second-order valence-electron chi connectivity index (χ2n) is 5.70. The maximum atomic E-state index is 11.4. The van der Waals surface area contributed by atoms with Crippen molar-refractivity contribution in [2.45, 2.75) is 44.3 Å². The average Bonchev–Trinajstić information content (AvgIpc) is 3.25. The minimum atomic E-state index is -0.809. The first-order chi connectivity index (χ1) is 11.2. The number of nitrogens with zero attached hydrogens (tertiary/aromatic N) is 1. The molecule has 1 aliphatic heterocycles. The fourth-order valence-electron chi connectivity index (χ4n) is 2.89. The number of hydroxylamine groups is 1. The topological polar surface area (TPSA) is 89.4 Å². The van der Waals surface area contributed by atoms with Crippen LogP contribution in [-0.2, 0) is 9.63 Å². The smallest absolute Gasteiger partial charge is 0.287 e. The van der Waals surface area contributed by atoms with Crippen molar-refractivity contribution in [1.82, 2.24) is 5.48 Å². The second kappa shape index (κ2) is 6.87. The van der Waals surface area contributed by atoms with Gasteiger partial charge in [-0.3, -0.25) is 10.0 Å². The van der Waals surface area contributed by atoms with E-state index in [1.807, 2.05) is 18.2 Å². The number of ether oxygens (including phenoxy) is 2.